The van der Waals surface area contributed by atoms with E-state index in [1.807, 2.05) is 12.3 Å². The van der Waals surface area contributed by atoms with Gasteiger partial charge in [-0.25, -0.2) is 9.97 Å². The van der Waals surface area contributed by atoms with E-state index in [0.29, 0.717) is 6.04 Å². The van der Waals surface area contributed by atoms with Crippen LogP contribution in [0.15, 0.2) is 12.3 Å². The summed E-state index contributed by atoms with van der Waals surface area (Å²) in [7, 11) is 4.42. The van der Waals surface area contributed by atoms with E-state index in [1.165, 1.54) is 25.9 Å². The molecular formula is C16H26N4O. The van der Waals surface area contributed by atoms with Gasteiger partial charge in [0.25, 0.3) is 0 Å². The van der Waals surface area contributed by atoms with Gasteiger partial charge in [-0.3, -0.25) is 4.90 Å². The minimum absolute atomic E-state index is 0.110. The van der Waals surface area contributed by atoms with Gasteiger partial charge in [0.05, 0.1) is 5.69 Å². The molecule has 2 aliphatic heterocycles. The molecule has 2 aliphatic rings. The van der Waals surface area contributed by atoms with Crippen molar-refractivity contribution in [2.75, 3.05) is 33.8 Å². The van der Waals surface area contributed by atoms with Crippen LogP contribution < -0.4 is 0 Å². The number of ether oxygens (including phenoxy) is 1. The highest BCUT2D eigenvalue weighted by atomic mass is 16.5. The Balaban J connectivity index is 1.60. The highest BCUT2D eigenvalue weighted by Crippen LogP contribution is 2.25. The lowest BCUT2D eigenvalue weighted by Gasteiger charge is -2.35. The van der Waals surface area contributed by atoms with E-state index in [2.05, 4.69) is 28.9 Å². The standard InChI is InChI=1S/C16H26N4O/c1-19-9-6-14(7-10-19)20(2)12-13-5-8-17-16(18-13)15-4-3-11-21-15/h5,8,14-15H,3-4,6-7,9-12H2,1-2H3/t15-/m0/s1. The second kappa shape index (κ2) is 6.81. The third-order valence-corrected chi connectivity index (χ3v) is 4.67. The SMILES string of the molecule is CN1CCC(N(C)Cc2ccnc([C@@H]3CCCO3)n2)CC1. The van der Waals surface area contributed by atoms with Crippen molar-refractivity contribution in [3.63, 3.8) is 0 Å². The highest BCUT2D eigenvalue weighted by molar-refractivity contribution is 5.05. The van der Waals surface area contributed by atoms with Crippen molar-refractivity contribution in [3.8, 4) is 0 Å². The van der Waals surface area contributed by atoms with Gasteiger partial charge in [-0.15, -0.1) is 0 Å². The first-order chi connectivity index (χ1) is 10.2. The van der Waals surface area contributed by atoms with E-state index in [1.54, 1.807) is 0 Å². The highest BCUT2D eigenvalue weighted by Gasteiger charge is 2.23. The molecule has 0 saturated carbocycles. The van der Waals surface area contributed by atoms with Crippen LogP contribution in [0.25, 0.3) is 0 Å². The van der Waals surface area contributed by atoms with Gasteiger partial charge >= 0.3 is 0 Å². The summed E-state index contributed by atoms with van der Waals surface area (Å²) in [6.07, 6.45) is 6.65. The summed E-state index contributed by atoms with van der Waals surface area (Å²) in [5.74, 6) is 0.863. The summed E-state index contributed by atoms with van der Waals surface area (Å²) in [6.45, 7) is 4.13. The molecular weight excluding hydrogens is 264 g/mol. The van der Waals surface area contributed by atoms with Crippen LogP contribution in [0.5, 0.6) is 0 Å². The predicted octanol–water partition coefficient (Wildman–Crippen LogP) is 1.85. The molecule has 0 aliphatic carbocycles. The molecule has 5 nitrogen and oxygen atoms in total. The molecule has 0 unspecified atom stereocenters. The second-order valence-electron chi connectivity index (χ2n) is 6.36. The lowest BCUT2D eigenvalue weighted by molar-refractivity contribution is 0.104. The van der Waals surface area contributed by atoms with Gasteiger partial charge in [-0.2, -0.15) is 0 Å². The zero-order valence-electron chi connectivity index (χ0n) is 13.2. The Morgan fingerprint density at radius 3 is 2.86 bits per heavy atom. The van der Waals surface area contributed by atoms with E-state index in [0.717, 1.165) is 37.5 Å². The maximum Gasteiger partial charge on any atom is 0.157 e. The van der Waals surface area contributed by atoms with E-state index < -0.39 is 0 Å². The molecule has 0 aromatic carbocycles. The van der Waals surface area contributed by atoms with Crippen molar-refractivity contribution < 1.29 is 4.74 Å². The lowest BCUT2D eigenvalue weighted by atomic mass is 10.0. The smallest absolute Gasteiger partial charge is 0.157 e. The molecule has 2 fully saturated rings. The van der Waals surface area contributed by atoms with Crippen molar-refractivity contribution in [2.24, 2.45) is 0 Å². The van der Waals surface area contributed by atoms with Crippen molar-refractivity contribution in [2.45, 2.75) is 44.4 Å². The molecule has 0 spiro atoms. The number of hydrogen-bond donors (Lipinski definition) is 0. The van der Waals surface area contributed by atoms with E-state index in [4.69, 9.17) is 9.72 Å². The molecule has 1 aromatic rings. The van der Waals surface area contributed by atoms with Crippen LogP contribution in [0.3, 0.4) is 0 Å². The molecule has 21 heavy (non-hydrogen) atoms. The zero-order valence-corrected chi connectivity index (χ0v) is 13.2. The average Bonchev–Trinajstić information content (AvgIpc) is 3.02. The Morgan fingerprint density at radius 1 is 1.33 bits per heavy atom. The first-order valence-corrected chi connectivity index (χ1v) is 8.04. The number of rotatable bonds is 4. The summed E-state index contributed by atoms with van der Waals surface area (Å²) in [6, 6.07) is 2.70. The number of hydrogen-bond acceptors (Lipinski definition) is 5. The van der Waals surface area contributed by atoms with Gasteiger partial charge in [0.2, 0.25) is 0 Å². The first kappa shape index (κ1) is 14.9. The molecule has 1 atom stereocenters. The molecule has 3 rings (SSSR count). The van der Waals surface area contributed by atoms with Gasteiger partial charge < -0.3 is 9.64 Å². The Bertz CT molecular complexity index is 453. The number of likely N-dealkylation sites (tertiary alicyclic amines) is 1. The summed E-state index contributed by atoms with van der Waals surface area (Å²) in [4.78, 5) is 14.0. The van der Waals surface area contributed by atoms with Gasteiger partial charge in [0, 0.05) is 25.4 Å². The van der Waals surface area contributed by atoms with Crippen molar-refractivity contribution >= 4 is 0 Å². The zero-order chi connectivity index (χ0) is 14.7. The van der Waals surface area contributed by atoms with E-state index >= 15 is 0 Å². The van der Waals surface area contributed by atoms with Crippen LogP contribution in [0.2, 0.25) is 0 Å². The van der Waals surface area contributed by atoms with Gasteiger partial charge in [0.15, 0.2) is 5.82 Å². The maximum atomic E-state index is 5.68. The topological polar surface area (TPSA) is 41.5 Å². The molecule has 0 radical (unpaired) electrons. The molecule has 116 valence electrons. The van der Waals surface area contributed by atoms with Crippen LogP contribution >= 0.6 is 0 Å². The van der Waals surface area contributed by atoms with Crippen molar-refractivity contribution in [3.05, 3.63) is 23.8 Å². The third kappa shape index (κ3) is 3.78. The fourth-order valence-electron chi connectivity index (χ4n) is 3.26. The Hall–Kier alpha value is -1.04. The fourth-order valence-corrected chi connectivity index (χ4v) is 3.26. The van der Waals surface area contributed by atoms with Gasteiger partial charge in [-0.1, -0.05) is 0 Å². The molecule has 0 N–H and O–H groups in total. The molecule has 2 saturated heterocycles. The summed E-state index contributed by atoms with van der Waals surface area (Å²) in [5.41, 5.74) is 1.11. The Labute approximate surface area is 127 Å². The van der Waals surface area contributed by atoms with Crippen LogP contribution in [0.4, 0.5) is 0 Å². The number of nitrogens with zero attached hydrogens (tertiary/aromatic N) is 4. The van der Waals surface area contributed by atoms with Crippen molar-refractivity contribution in [1.29, 1.82) is 0 Å². The molecule has 0 amide bonds. The normalized spacial score (nSPS) is 24.8. The summed E-state index contributed by atoms with van der Waals surface area (Å²) in [5, 5.41) is 0. The van der Waals surface area contributed by atoms with Crippen LogP contribution in [-0.4, -0.2) is 59.6 Å². The molecule has 5 heteroatoms. The van der Waals surface area contributed by atoms with Crippen LogP contribution in [0, 0.1) is 0 Å². The third-order valence-electron chi connectivity index (χ3n) is 4.67. The molecule has 0 bridgehead atoms. The Kier molecular flexibility index (Phi) is 4.83. The molecule has 1 aromatic heterocycles. The van der Waals surface area contributed by atoms with Crippen molar-refractivity contribution in [1.82, 2.24) is 19.8 Å². The van der Waals surface area contributed by atoms with Crippen LogP contribution in [-0.2, 0) is 11.3 Å². The number of aromatic nitrogens is 2. The Morgan fingerprint density at radius 2 is 2.14 bits per heavy atom. The van der Waals surface area contributed by atoms with Crippen LogP contribution in [0.1, 0.15) is 43.3 Å². The van der Waals surface area contributed by atoms with Gasteiger partial charge in [-0.05, 0) is 58.9 Å². The number of piperidine rings is 1. The fraction of sp³-hybridized carbons (Fsp3) is 0.750. The maximum absolute atomic E-state index is 5.68. The monoisotopic (exact) mass is 290 g/mol. The summed E-state index contributed by atoms with van der Waals surface area (Å²) >= 11 is 0. The second-order valence-corrected chi connectivity index (χ2v) is 6.36. The lowest BCUT2D eigenvalue weighted by Crippen LogP contribution is -2.41. The predicted molar refractivity (Wildman–Crippen MR) is 81.9 cm³/mol. The van der Waals surface area contributed by atoms with E-state index in [9.17, 15) is 0 Å². The van der Waals surface area contributed by atoms with Gasteiger partial charge in [0.1, 0.15) is 6.10 Å². The average molecular weight is 290 g/mol. The minimum atomic E-state index is 0.110. The largest absolute Gasteiger partial charge is 0.370 e. The first-order valence-electron chi connectivity index (χ1n) is 8.04. The molecule has 3 heterocycles. The summed E-state index contributed by atoms with van der Waals surface area (Å²) < 4.78 is 5.68. The van der Waals surface area contributed by atoms with E-state index in [-0.39, 0.29) is 6.10 Å². The quantitative estimate of drug-likeness (QED) is 0.846. The minimum Gasteiger partial charge on any atom is -0.370 e.